The number of phenols is 1. The topological polar surface area (TPSA) is 85.2 Å². The Kier molecular flexibility index (Phi) is 8.82. The highest BCUT2D eigenvalue weighted by Gasteiger charge is 2.40. The van der Waals surface area contributed by atoms with Crippen molar-refractivity contribution in [2.75, 3.05) is 39.3 Å². The maximum Gasteiger partial charge on any atom is 0.126 e. The molecule has 206 valence electrons. The number of rotatable bonds is 12. The van der Waals surface area contributed by atoms with E-state index in [-0.39, 0.29) is 11.8 Å². The van der Waals surface area contributed by atoms with E-state index in [9.17, 15) is 5.11 Å². The SMILES string of the molecule is CC(C)CN1CCC2(CC1)CCN(CCCn1ccnc1C(Cc1ncc[nH]1)NCc1ccc(O)cc1)C2. The van der Waals surface area contributed by atoms with E-state index >= 15 is 0 Å². The molecule has 3 aromatic rings. The molecule has 38 heavy (non-hydrogen) atoms. The van der Waals surface area contributed by atoms with Crippen molar-refractivity contribution in [1.29, 1.82) is 0 Å². The molecule has 1 spiro atoms. The van der Waals surface area contributed by atoms with Gasteiger partial charge in [0.05, 0.1) is 6.04 Å². The molecule has 2 saturated heterocycles. The lowest BCUT2D eigenvalue weighted by atomic mass is 9.77. The monoisotopic (exact) mass is 519 g/mol. The Morgan fingerprint density at radius 3 is 2.47 bits per heavy atom. The Morgan fingerprint density at radius 1 is 1.00 bits per heavy atom. The van der Waals surface area contributed by atoms with E-state index in [0.717, 1.165) is 49.1 Å². The van der Waals surface area contributed by atoms with Gasteiger partial charge in [-0.3, -0.25) is 0 Å². The van der Waals surface area contributed by atoms with Gasteiger partial charge >= 0.3 is 0 Å². The highest BCUT2D eigenvalue weighted by molar-refractivity contribution is 5.26. The third-order valence-corrected chi connectivity index (χ3v) is 8.43. The normalized spacial score (nSPS) is 19.0. The molecule has 4 heterocycles. The van der Waals surface area contributed by atoms with E-state index in [1.165, 1.54) is 52.0 Å². The van der Waals surface area contributed by atoms with Crippen molar-refractivity contribution < 1.29 is 5.11 Å². The number of nitrogens with one attached hydrogen (secondary N) is 2. The number of hydrogen-bond donors (Lipinski definition) is 3. The third kappa shape index (κ3) is 7.04. The fraction of sp³-hybridized carbons (Fsp3) is 0.600. The molecule has 1 atom stereocenters. The molecule has 8 nitrogen and oxygen atoms in total. The van der Waals surface area contributed by atoms with Gasteiger partial charge in [0.25, 0.3) is 0 Å². The van der Waals surface area contributed by atoms with Gasteiger partial charge in [-0.1, -0.05) is 26.0 Å². The van der Waals surface area contributed by atoms with Crippen LogP contribution in [-0.2, 0) is 19.5 Å². The third-order valence-electron chi connectivity index (χ3n) is 8.43. The summed E-state index contributed by atoms with van der Waals surface area (Å²) < 4.78 is 2.31. The van der Waals surface area contributed by atoms with E-state index in [4.69, 9.17) is 4.98 Å². The number of aromatic amines is 1. The minimum absolute atomic E-state index is 0.0380. The van der Waals surface area contributed by atoms with Crippen molar-refractivity contribution in [2.24, 2.45) is 11.3 Å². The summed E-state index contributed by atoms with van der Waals surface area (Å²) in [6.07, 6.45) is 13.7. The summed E-state index contributed by atoms with van der Waals surface area (Å²) in [6, 6.07) is 7.41. The number of aryl methyl sites for hydroxylation is 1. The number of H-pyrrole nitrogens is 1. The lowest BCUT2D eigenvalue weighted by Gasteiger charge is -2.40. The van der Waals surface area contributed by atoms with Crippen molar-refractivity contribution in [3.63, 3.8) is 0 Å². The number of likely N-dealkylation sites (tertiary alicyclic amines) is 2. The lowest BCUT2D eigenvalue weighted by molar-refractivity contribution is 0.0989. The number of benzene rings is 1. The Balaban J connectivity index is 1.14. The first-order valence-corrected chi connectivity index (χ1v) is 14.4. The minimum Gasteiger partial charge on any atom is -0.508 e. The van der Waals surface area contributed by atoms with Gasteiger partial charge in [0.2, 0.25) is 0 Å². The van der Waals surface area contributed by atoms with Crippen LogP contribution in [0.1, 0.15) is 62.8 Å². The van der Waals surface area contributed by atoms with Crippen LogP contribution in [-0.4, -0.2) is 73.7 Å². The summed E-state index contributed by atoms with van der Waals surface area (Å²) in [4.78, 5) is 17.9. The van der Waals surface area contributed by atoms with Crippen molar-refractivity contribution in [1.82, 2.24) is 34.6 Å². The molecule has 3 N–H and O–H groups in total. The molecule has 0 saturated carbocycles. The molecule has 2 fully saturated rings. The van der Waals surface area contributed by atoms with Gasteiger partial charge in [0.1, 0.15) is 17.4 Å². The van der Waals surface area contributed by atoms with Gasteiger partial charge in [-0.2, -0.15) is 0 Å². The molecule has 2 aromatic heterocycles. The van der Waals surface area contributed by atoms with Gasteiger partial charge in [-0.25, -0.2) is 9.97 Å². The van der Waals surface area contributed by atoms with Crippen LogP contribution < -0.4 is 5.32 Å². The van der Waals surface area contributed by atoms with Crippen molar-refractivity contribution in [3.8, 4) is 5.75 Å². The first-order chi connectivity index (χ1) is 18.5. The average molecular weight is 520 g/mol. The van der Waals surface area contributed by atoms with Crippen LogP contribution in [0.25, 0.3) is 0 Å². The summed E-state index contributed by atoms with van der Waals surface area (Å²) in [5, 5.41) is 13.3. The molecule has 0 aliphatic carbocycles. The van der Waals surface area contributed by atoms with Crippen LogP contribution in [0.15, 0.2) is 49.1 Å². The zero-order valence-electron chi connectivity index (χ0n) is 23.1. The van der Waals surface area contributed by atoms with E-state index < -0.39 is 0 Å². The number of aromatic nitrogens is 4. The largest absolute Gasteiger partial charge is 0.508 e. The molecule has 2 aliphatic heterocycles. The number of hydrogen-bond acceptors (Lipinski definition) is 6. The van der Waals surface area contributed by atoms with Crippen molar-refractivity contribution in [2.45, 2.75) is 65.1 Å². The Labute approximate surface area is 227 Å². The maximum absolute atomic E-state index is 9.61. The predicted molar refractivity (Wildman–Crippen MR) is 151 cm³/mol. The van der Waals surface area contributed by atoms with E-state index in [0.29, 0.717) is 12.0 Å². The first kappa shape index (κ1) is 26.9. The Bertz CT molecular complexity index is 1100. The average Bonchev–Trinajstić information content (AvgIpc) is 3.67. The smallest absolute Gasteiger partial charge is 0.126 e. The highest BCUT2D eigenvalue weighted by Crippen LogP contribution is 2.40. The fourth-order valence-corrected chi connectivity index (χ4v) is 6.35. The van der Waals surface area contributed by atoms with Crippen LogP contribution in [0, 0.1) is 11.3 Å². The number of phenolic OH excluding ortho intramolecular Hbond substituents is 1. The molecule has 0 amide bonds. The Hall–Kier alpha value is -2.68. The van der Waals surface area contributed by atoms with Crippen LogP contribution in [0.4, 0.5) is 0 Å². The van der Waals surface area contributed by atoms with E-state index in [1.54, 1.807) is 18.3 Å². The number of piperidine rings is 1. The van der Waals surface area contributed by atoms with Crippen molar-refractivity contribution in [3.05, 3.63) is 66.3 Å². The molecule has 1 unspecified atom stereocenters. The van der Waals surface area contributed by atoms with Gasteiger partial charge < -0.3 is 29.8 Å². The van der Waals surface area contributed by atoms with Gasteiger partial charge in [0.15, 0.2) is 0 Å². The zero-order valence-corrected chi connectivity index (χ0v) is 23.1. The molecular formula is C30H45N7O. The molecule has 5 rings (SSSR count). The number of nitrogens with zero attached hydrogens (tertiary/aromatic N) is 5. The molecule has 0 radical (unpaired) electrons. The van der Waals surface area contributed by atoms with Crippen LogP contribution in [0.3, 0.4) is 0 Å². The molecule has 0 bridgehead atoms. The van der Waals surface area contributed by atoms with Gasteiger partial charge in [0, 0.05) is 57.4 Å². The first-order valence-electron chi connectivity index (χ1n) is 14.4. The minimum atomic E-state index is 0.0380. The van der Waals surface area contributed by atoms with Crippen LogP contribution >= 0.6 is 0 Å². The standard InChI is InChI=1S/C30H45N7O/c1-24(2)22-35-16-8-30(9-17-35)10-18-36(23-30)14-3-15-37-19-13-33-29(37)27(20-28-31-11-12-32-28)34-21-25-4-6-26(38)7-5-25/h4-7,11-13,19,24,27,34,38H,3,8-10,14-18,20-23H2,1-2H3,(H,31,32). The second-order valence-electron chi connectivity index (χ2n) is 11.9. The lowest BCUT2D eigenvalue weighted by Crippen LogP contribution is -2.42. The number of imidazole rings is 2. The van der Waals surface area contributed by atoms with Gasteiger partial charge in [-0.05, 0) is 80.9 Å². The van der Waals surface area contributed by atoms with Crippen LogP contribution in [0.5, 0.6) is 5.75 Å². The molecule has 1 aromatic carbocycles. The zero-order chi connectivity index (χ0) is 26.4. The molecule has 2 aliphatic rings. The highest BCUT2D eigenvalue weighted by atomic mass is 16.3. The van der Waals surface area contributed by atoms with Crippen LogP contribution in [0.2, 0.25) is 0 Å². The summed E-state index contributed by atoms with van der Waals surface area (Å²) >= 11 is 0. The summed E-state index contributed by atoms with van der Waals surface area (Å²) in [7, 11) is 0. The van der Waals surface area contributed by atoms with E-state index in [2.05, 4.69) is 49.7 Å². The second kappa shape index (κ2) is 12.5. The maximum atomic E-state index is 9.61. The van der Waals surface area contributed by atoms with Crippen molar-refractivity contribution >= 4 is 0 Å². The fourth-order valence-electron chi connectivity index (χ4n) is 6.35. The molecular weight excluding hydrogens is 474 g/mol. The summed E-state index contributed by atoms with van der Waals surface area (Å²) in [5.41, 5.74) is 1.68. The molecule has 8 heteroatoms. The predicted octanol–water partition coefficient (Wildman–Crippen LogP) is 4.22. The second-order valence-corrected chi connectivity index (χ2v) is 11.9. The summed E-state index contributed by atoms with van der Waals surface area (Å²) in [6.45, 7) is 13.8. The number of aromatic hydroxyl groups is 1. The Morgan fingerprint density at radius 2 is 1.76 bits per heavy atom. The van der Waals surface area contributed by atoms with E-state index in [1.807, 2.05) is 24.5 Å². The quantitative estimate of drug-likeness (QED) is 0.332. The van der Waals surface area contributed by atoms with Gasteiger partial charge in [-0.15, -0.1) is 0 Å². The summed E-state index contributed by atoms with van der Waals surface area (Å²) in [5.74, 6) is 3.05.